The van der Waals surface area contributed by atoms with Gasteiger partial charge in [0.1, 0.15) is 0 Å². The van der Waals surface area contributed by atoms with Crippen LogP contribution in [0, 0.1) is 5.92 Å². The molecule has 0 spiro atoms. The SMILES string of the molecule is CC(C(=O)O)=C(C)C(=O)NCC1CCCCC1O. The summed E-state index contributed by atoms with van der Waals surface area (Å²) < 4.78 is 0. The number of rotatable bonds is 4. The van der Waals surface area contributed by atoms with Gasteiger partial charge in [0.05, 0.1) is 6.10 Å². The number of hydrogen-bond donors (Lipinski definition) is 3. The number of aliphatic carboxylic acids is 1. The van der Waals surface area contributed by atoms with Crippen molar-refractivity contribution in [3.63, 3.8) is 0 Å². The van der Waals surface area contributed by atoms with Crippen LogP contribution in [0.15, 0.2) is 11.1 Å². The third-order valence-corrected chi connectivity index (χ3v) is 3.62. The Labute approximate surface area is 107 Å². The molecule has 1 fully saturated rings. The lowest BCUT2D eigenvalue weighted by Crippen LogP contribution is -2.37. The minimum Gasteiger partial charge on any atom is -0.478 e. The molecule has 0 aliphatic heterocycles. The highest BCUT2D eigenvalue weighted by Gasteiger charge is 2.23. The van der Waals surface area contributed by atoms with Crippen LogP contribution in [0.1, 0.15) is 39.5 Å². The first-order valence-electron chi connectivity index (χ1n) is 6.30. The maximum atomic E-state index is 11.7. The van der Waals surface area contributed by atoms with E-state index in [0.29, 0.717) is 6.54 Å². The molecule has 18 heavy (non-hydrogen) atoms. The van der Waals surface area contributed by atoms with Gasteiger partial charge >= 0.3 is 5.97 Å². The molecular formula is C13H21NO4. The lowest BCUT2D eigenvalue weighted by molar-refractivity contribution is -0.133. The van der Waals surface area contributed by atoms with Crippen LogP contribution in [-0.2, 0) is 9.59 Å². The molecule has 102 valence electrons. The number of carboxylic acids is 1. The first-order valence-corrected chi connectivity index (χ1v) is 6.30. The van der Waals surface area contributed by atoms with Crippen molar-refractivity contribution in [1.82, 2.24) is 5.32 Å². The van der Waals surface area contributed by atoms with Crippen molar-refractivity contribution in [3.05, 3.63) is 11.1 Å². The highest BCUT2D eigenvalue weighted by atomic mass is 16.4. The summed E-state index contributed by atoms with van der Waals surface area (Å²) in [5.41, 5.74) is 0.268. The number of amides is 1. The molecule has 0 aromatic heterocycles. The van der Waals surface area contributed by atoms with Crippen molar-refractivity contribution >= 4 is 11.9 Å². The fraction of sp³-hybridized carbons (Fsp3) is 0.692. The molecule has 1 aliphatic carbocycles. The second-order valence-electron chi connectivity index (χ2n) is 4.88. The third-order valence-electron chi connectivity index (χ3n) is 3.62. The molecule has 0 heterocycles. The zero-order chi connectivity index (χ0) is 13.7. The minimum atomic E-state index is -1.08. The summed E-state index contributed by atoms with van der Waals surface area (Å²) in [6.45, 7) is 3.31. The van der Waals surface area contributed by atoms with Crippen molar-refractivity contribution in [2.24, 2.45) is 5.92 Å². The lowest BCUT2D eigenvalue weighted by atomic mass is 9.86. The molecule has 0 saturated heterocycles. The summed E-state index contributed by atoms with van der Waals surface area (Å²) in [4.78, 5) is 22.4. The average molecular weight is 255 g/mol. The zero-order valence-electron chi connectivity index (χ0n) is 10.9. The lowest BCUT2D eigenvalue weighted by Gasteiger charge is -2.27. The monoisotopic (exact) mass is 255 g/mol. The van der Waals surface area contributed by atoms with Gasteiger partial charge in [-0.1, -0.05) is 12.8 Å². The van der Waals surface area contributed by atoms with Crippen LogP contribution in [0.5, 0.6) is 0 Å². The fourth-order valence-corrected chi connectivity index (χ4v) is 2.11. The molecular weight excluding hydrogens is 234 g/mol. The first-order chi connectivity index (χ1) is 8.43. The molecule has 1 saturated carbocycles. The summed E-state index contributed by atoms with van der Waals surface area (Å²) >= 11 is 0. The Bertz CT molecular complexity index is 362. The molecule has 0 aromatic carbocycles. The standard InChI is InChI=1S/C13H21NO4/c1-8(9(2)13(17)18)12(16)14-7-10-5-3-4-6-11(10)15/h10-11,15H,3-7H2,1-2H3,(H,14,16)(H,17,18). The van der Waals surface area contributed by atoms with Gasteiger partial charge < -0.3 is 15.5 Å². The van der Waals surface area contributed by atoms with E-state index in [4.69, 9.17) is 5.11 Å². The van der Waals surface area contributed by atoms with Crippen LogP contribution in [0.3, 0.4) is 0 Å². The van der Waals surface area contributed by atoms with Gasteiger partial charge in [0.25, 0.3) is 0 Å². The van der Waals surface area contributed by atoms with E-state index >= 15 is 0 Å². The molecule has 5 nitrogen and oxygen atoms in total. The number of nitrogens with one attached hydrogen (secondary N) is 1. The van der Waals surface area contributed by atoms with Crippen LogP contribution >= 0.6 is 0 Å². The van der Waals surface area contributed by atoms with Crippen molar-refractivity contribution < 1.29 is 19.8 Å². The van der Waals surface area contributed by atoms with Crippen LogP contribution in [-0.4, -0.2) is 34.7 Å². The molecule has 0 bridgehead atoms. The molecule has 2 unspecified atom stereocenters. The smallest absolute Gasteiger partial charge is 0.331 e. The maximum absolute atomic E-state index is 11.7. The van der Waals surface area contributed by atoms with Gasteiger partial charge in [-0.25, -0.2) is 4.79 Å². The van der Waals surface area contributed by atoms with Gasteiger partial charge in [0.15, 0.2) is 0 Å². The number of aliphatic hydroxyl groups excluding tert-OH is 1. The predicted molar refractivity (Wildman–Crippen MR) is 67.0 cm³/mol. The van der Waals surface area contributed by atoms with Crippen molar-refractivity contribution in [2.75, 3.05) is 6.54 Å². The van der Waals surface area contributed by atoms with E-state index < -0.39 is 5.97 Å². The molecule has 0 radical (unpaired) electrons. The zero-order valence-corrected chi connectivity index (χ0v) is 10.9. The van der Waals surface area contributed by atoms with E-state index in [1.54, 1.807) is 0 Å². The number of carboxylic acid groups (broad SMARTS) is 1. The van der Waals surface area contributed by atoms with Gasteiger partial charge in [-0.2, -0.15) is 0 Å². The van der Waals surface area contributed by atoms with E-state index in [-0.39, 0.29) is 29.1 Å². The highest BCUT2D eigenvalue weighted by molar-refractivity contribution is 6.01. The third kappa shape index (κ3) is 3.84. The number of carbonyl (C=O) groups excluding carboxylic acids is 1. The summed E-state index contributed by atoms with van der Waals surface area (Å²) in [5, 5.41) is 21.2. The predicted octanol–water partition coefficient (Wildman–Crippen LogP) is 1.07. The number of hydrogen-bond acceptors (Lipinski definition) is 3. The van der Waals surface area contributed by atoms with Crippen LogP contribution in [0.4, 0.5) is 0 Å². The Kier molecular flexibility index (Phi) is 5.34. The normalized spacial score (nSPS) is 25.3. The van der Waals surface area contributed by atoms with Crippen molar-refractivity contribution in [1.29, 1.82) is 0 Å². The molecule has 1 rings (SSSR count). The molecule has 3 N–H and O–H groups in total. The summed E-state index contributed by atoms with van der Waals surface area (Å²) in [6, 6.07) is 0. The Morgan fingerprint density at radius 1 is 1.17 bits per heavy atom. The Balaban J connectivity index is 2.50. The van der Waals surface area contributed by atoms with Crippen LogP contribution in [0.25, 0.3) is 0 Å². The molecule has 2 atom stereocenters. The highest BCUT2D eigenvalue weighted by Crippen LogP contribution is 2.23. The quantitative estimate of drug-likeness (QED) is 0.656. The van der Waals surface area contributed by atoms with Crippen LogP contribution < -0.4 is 5.32 Å². The largest absolute Gasteiger partial charge is 0.478 e. The summed E-state index contributed by atoms with van der Waals surface area (Å²) in [6.07, 6.45) is 3.43. The number of aliphatic hydroxyl groups is 1. The second-order valence-corrected chi connectivity index (χ2v) is 4.88. The van der Waals surface area contributed by atoms with Gasteiger partial charge in [-0.15, -0.1) is 0 Å². The molecule has 1 amide bonds. The van der Waals surface area contributed by atoms with Gasteiger partial charge in [0.2, 0.25) is 5.91 Å². The van der Waals surface area contributed by atoms with Gasteiger partial charge in [0, 0.05) is 23.6 Å². The second kappa shape index (κ2) is 6.54. The molecule has 5 heteroatoms. The van der Waals surface area contributed by atoms with E-state index in [9.17, 15) is 14.7 Å². The van der Waals surface area contributed by atoms with E-state index in [0.717, 1.165) is 25.7 Å². The summed E-state index contributed by atoms with van der Waals surface area (Å²) in [7, 11) is 0. The van der Waals surface area contributed by atoms with Gasteiger partial charge in [-0.3, -0.25) is 4.79 Å². The van der Waals surface area contributed by atoms with Crippen molar-refractivity contribution in [3.8, 4) is 0 Å². The molecule has 0 aromatic rings. The van der Waals surface area contributed by atoms with E-state index in [2.05, 4.69) is 5.32 Å². The van der Waals surface area contributed by atoms with Crippen molar-refractivity contribution in [2.45, 2.75) is 45.6 Å². The maximum Gasteiger partial charge on any atom is 0.331 e. The Hall–Kier alpha value is -1.36. The van der Waals surface area contributed by atoms with E-state index in [1.807, 2.05) is 0 Å². The van der Waals surface area contributed by atoms with Gasteiger partial charge in [-0.05, 0) is 26.7 Å². The number of carbonyl (C=O) groups is 2. The Morgan fingerprint density at radius 2 is 1.78 bits per heavy atom. The average Bonchev–Trinajstić information content (AvgIpc) is 2.35. The van der Waals surface area contributed by atoms with Crippen LogP contribution in [0.2, 0.25) is 0 Å². The Morgan fingerprint density at radius 3 is 2.33 bits per heavy atom. The first kappa shape index (κ1) is 14.7. The summed E-state index contributed by atoms with van der Waals surface area (Å²) in [5.74, 6) is -1.37. The topological polar surface area (TPSA) is 86.6 Å². The van der Waals surface area contributed by atoms with E-state index in [1.165, 1.54) is 13.8 Å². The minimum absolute atomic E-state index is 0.0525. The molecule has 1 aliphatic rings. The fourth-order valence-electron chi connectivity index (χ4n) is 2.11.